The van der Waals surface area contributed by atoms with Gasteiger partial charge in [-0.2, -0.15) is 11.8 Å². The van der Waals surface area contributed by atoms with Crippen molar-refractivity contribution in [2.45, 2.75) is 43.8 Å². The van der Waals surface area contributed by atoms with E-state index in [1.165, 1.54) is 32.1 Å². The Labute approximate surface area is 130 Å². The first-order chi connectivity index (χ1) is 10.2. The van der Waals surface area contributed by atoms with Crippen LogP contribution in [0.5, 0.6) is 5.75 Å². The maximum Gasteiger partial charge on any atom is 0.225 e. The number of nitrogens with two attached hydrogens (primary N) is 1. The van der Waals surface area contributed by atoms with Gasteiger partial charge in [-0.25, -0.2) is 0 Å². The summed E-state index contributed by atoms with van der Waals surface area (Å²) in [5.74, 6) is 1.51. The number of thioether (sulfide) groups is 1. The lowest BCUT2D eigenvalue weighted by Gasteiger charge is -2.20. The van der Waals surface area contributed by atoms with Gasteiger partial charge in [-0.1, -0.05) is 19.3 Å². The van der Waals surface area contributed by atoms with Gasteiger partial charge in [0, 0.05) is 29.2 Å². The van der Waals surface area contributed by atoms with Crippen LogP contribution < -0.4 is 15.8 Å². The summed E-state index contributed by atoms with van der Waals surface area (Å²) in [6.45, 7) is 0. The maximum atomic E-state index is 12.0. The Morgan fingerprint density at radius 2 is 2.14 bits per heavy atom. The smallest absolute Gasteiger partial charge is 0.225 e. The molecule has 21 heavy (non-hydrogen) atoms. The molecule has 0 radical (unpaired) electrons. The Morgan fingerprint density at radius 1 is 1.38 bits per heavy atom. The number of anilines is 2. The highest BCUT2D eigenvalue weighted by molar-refractivity contribution is 7.99. The van der Waals surface area contributed by atoms with E-state index in [1.807, 2.05) is 11.8 Å². The Balaban J connectivity index is 1.76. The molecule has 1 saturated carbocycles. The van der Waals surface area contributed by atoms with Crippen molar-refractivity contribution < 1.29 is 9.53 Å². The van der Waals surface area contributed by atoms with Crippen LogP contribution in [0.25, 0.3) is 0 Å². The van der Waals surface area contributed by atoms with Crippen molar-refractivity contribution in [3.05, 3.63) is 18.2 Å². The van der Waals surface area contributed by atoms with E-state index in [-0.39, 0.29) is 5.91 Å². The predicted molar refractivity (Wildman–Crippen MR) is 90.0 cm³/mol. The molecule has 1 aromatic carbocycles. The predicted octanol–water partition coefficient (Wildman–Crippen LogP) is 3.67. The highest BCUT2D eigenvalue weighted by Gasteiger charge is 2.14. The molecule has 0 spiro atoms. The van der Waals surface area contributed by atoms with Crippen LogP contribution in [-0.2, 0) is 4.79 Å². The molecule has 0 heterocycles. The highest BCUT2D eigenvalue weighted by Crippen LogP contribution is 2.29. The number of hydrogen-bond donors (Lipinski definition) is 2. The maximum absolute atomic E-state index is 12.0. The zero-order valence-corrected chi connectivity index (χ0v) is 13.4. The third kappa shape index (κ3) is 5.16. The lowest BCUT2D eigenvalue weighted by atomic mass is 10.0. The minimum Gasteiger partial charge on any atom is -0.494 e. The lowest BCUT2D eigenvalue weighted by Crippen LogP contribution is -2.15. The third-order valence-corrected chi connectivity index (χ3v) is 5.12. The number of methoxy groups -OCH3 is 1. The van der Waals surface area contributed by atoms with Gasteiger partial charge in [0.05, 0.1) is 12.8 Å². The summed E-state index contributed by atoms with van der Waals surface area (Å²) < 4.78 is 5.23. The van der Waals surface area contributed by atoms with E-state index in [1.54, 1.807) is 25.3 Å². The molecule has 3 N–H and O–H groups in total. The summed E-state index contributed by atoms with van der Waals surface area (Å²) in [5, 5.41) is 3.64. The second-order valence-corrected chi connectivity index (χ2v) is 6.80. The van der Waals surface area contributed by atoms with Gasteiger partial charge in [0.25, 0.3) is 0 Å². The van der Waals surface area contributed by atoms with Crippen molar-refractivity contribution >= 4 is 29.0 Å². The number of nitrogens with one attached hydrogen (secondary N) is 1. The van der Waals surface area contributed by atoms with Crippen molar-refractivity contribution in [1.29, 1.82) is 0 Å². The van der Waals surface area contributed by atoms with Gasteiger partial charge in [-0.15, -0.1) is 0 Å². The van der Waals surface area contributed by atoms with Gasteiger partial charge in [-0.3, -0.25) is 4.79 Å². The molecule has 2 rings (SSSR count). The van der Waals surface area contributed by atoms with Gasteiger partial charge < -0.3 is 15.8 Å². The van der Waals surface area contributed by atoms with Crippen LogP contribution in [0.2, 0.25) is 0 Å². The number of hydrogen-bond acceptors (Lipinski definition) is 4. The molecule has 0 bridgehead atoms. The van der Waals surface area contributed by atoms with E-state index in [9.17, 15) is 4.79 Å². The highest BCUT2D eigenvalue weighted by atomic mass is 32.2. The third-order valence-electron chi connectivity index (χ3n) is 3.73. The molecule has 4 nitrogen and oxygen atoms in total. The zero-order valence-electron chi connectivity index (χ0n) is 12.6. The van der Waals surface area contributed by atoms with Crippen LogP contribution in [-0.4, -0.2) is 24.0 Å². The van der Waals surface area contributed by atoms with Crippen molar-refractivity contribution in [1.82, 2.24) is 0 Å². The number of carbonyl (C=O) groups excluding carboxylic acids is 1. The Bertz CT molecular complexity index is 473. The van der Waals surface area contributed by atoms with E-state index >= 15 is 0 Å². The Hall–Kier alpha value is -1.36. The summed E-state index contributed by atoms with van der Waals surface area (Å²) in [6.07, 6.45) is 7.19. The van der Waals surface area contributed by atoms with E-state index in [2.05, 4.69) is 5.32 Å². The number of benzene rings is 1. The van der Waals surface area contributed by atoms with Crippen molar-refractivity contribution in [2.75, 3.05) is 23.9 Å². The molecule has 0 atom stereocenters. The number of rotatable bonds is 6. The standard InChI is InChI=1S/C16H24N2O2S/c1-20-15-11-12(17)7-8-14(15)18-16(19)9-10-21-13-5-3-2-4-6-13/h7-8,11,13H,2-6,9-10,17H2,1H3,(H,18,19). The molecular formula is C16H24N2O2S. The van der Waals surface area contributed by atoms with E-state index in [0.29, 0.717) is 23.5 Å². The molecule has 1 aliphatic carbocycles. The van der Waals surface area contributed by atoms with Crippen LogP contribution in [0.3, 0.4) is 0 Å². The van der Waals surface area contributed by atoms with E-state index in [0.717, 1.165) is 11.0 Å². The topological polar surface area (TPSA) is 64.3 Å². The van der Waals surface area contributed by atoms with Gasteiger partial charge in [0.2, 0.25) is 5.91 Å². The van der Waals surface area contributed by atoms with Crippen LogP contribution in [0, 0.1) is 0 Å². The van der Waals surface area contributed by atoms with Crippen LogP contribution in [0.4, 0.5) is 11.4 Å². The van der Waals surface area contributed by atoms with Crippen LogP contribution in [0.1, 0.15) is 38.5 Å². The van der Waals surface area contributed by atoms with Crippen molar-refractivity contribution in [2.24, 2.45) is 0 Å². The van der Waals surface area contributed by atoms with E-state index in [4.69, 9.17) is 10.5 Å². The zero-order chi connectivity index (χ0) is 15.1. The summed E-state index contributed by atoms with van der Waals surface area (Å²) in [4.78, 5) is 12.0. The van der Waals surface area contributed by atoms with Crippen molar-refractivity contribution in [3.63, 3.8) is 0 Å². The van der Waals surface area contributed by atoms with Crippen LogP contribution in [0.15, 0.2) is 18.2 Å². The van der Waals surface area contributed by atoms with Crippen molar-refractivity contribution in [3.8, 4) is 5.75 Å². The average molecular weight is 308 g/mol. The quantitative estimate of drug-likeness (QED) is 0.787. The first-order valence-electron chi connectivity index (χ1n) is 7.54. The average Bonchev–Trinajstić information content (AvgIpc) is 2.50. The number of ether oxygens (including phenoxy) is 1. The first-order valence-corrected chi connectivity index (χ1v) is 8.59. The number of amides is 1. The van der Waals surface area contributed by atoms with Gasteiger partial charge in [-0.05, 0) is 25.0 Å². The normalized spacial score (nSPS) is 15.7. The summed E-state index contributed by atoms with van der Waals surface area (Å²) in [7, 11) is 1.57. The fourth-order valence-corrected chi connectivity index (χ4v) is 3.88. The van der Waals surface area contributed by atoms with E-state index < -0.39 is 0 Å². The summed E-state index contributed by atoms with van der Waals surface area (Å²) >= 11 is 1.94. The SMILES string of the molecule is COc1cc(N)ccc1NC(=O)CCSC1CCCCC1. The molecule has 116 valence electrons. The van der Waals surface area contributed by atoms with Gasteiger partial charge in [0.1, 0.15) is 5.75 Å². The summed E-state index contributed by atoms with van der Waals surface area (Å²) in [6, 6.07) is 5.25. The van der Waals surface area contributed by atoms with Gasteiger partial charge in [0.15, 0.2) is 0 Å². The monoisotopic (exact) mass is 308 g/mol. The molecular weight excluding hydrogens is 284 g/mol. The largest absolute Gasteiger partial charge is 0.494 e. The second kappa shape index (κ2) is 8.17. The molecule has 0 saturated heterocycles. The summed E-state index contributed by atoms with van der Waals surface area (Å²) in [5.41, 5.74) is 7.00. The van der Waals surface area contributed by atoms with Crippen LogP contribution >= 0.6 is 11.8 Å². The Kier molecular flexibility index (Phi) is 6.23. The lowest BCUT2D eigenvalue weighted by molar-refractivity contribution is -0.115. The molecule has 1 fully saturated rings. The molecule has 0 unspecified atom stereocenters. The molecule has 0 aromatic heterocycles. The fraction of sp³-hybridized carbons (Fsp3) is 0.562. The molecule has 1 aliphatic rings. The Morgan fingerprint density at radius 3 is 2.86 bits per heavy atom. The first kappa shape index (κ1) is 16.0. The molecule has 0 aliphatic heterocycles. The minimum atomic E-state index is 0.0291. The molecule has 5 heteroatoms. The molecule has 1 aromatic rings. The second-order valence-electron chi connectivity index (χ2n) is 5.39. The number of carbonyl (C=O) groups is 1. The van der Waals surface area contributed by atoms with Gasteiger partial charge >= 0.3 is 0 Å². The molecule has 1 amide bonds. The minimum absolute atomic E-state index is 0.0291. The fourth-order valence-electron chi connectivity index (χ4n) is 2.57. The number of nitrogen functional groups attached to an aromatic ring is 1.